The Morgan fingerprint density at radius 3 is 2.26 bits per heavy atom. The number of alkyl halides is 6. The van der Waals surface area contributed by atoms with Crippen molar-refractivity contribution < 1.29 is 49.8 Å². The highest BCUT2D eigenvalue weighted by atomic mass is 19.4. The summed E-state index contributed by atoms with van der Waals surface area (Å²) >= 11 is 0. The van der Waals surface area contributed by atoms with Crippen LogP contribution in [0.15, 0.2) is 53.0 Å². The maximum absolute atomic E-state index is 14.8. The van der Waals surface area contributed by atoms with Crippen molar-refractivity contribution in [1.82, 2.24) is 20.5 Å². The van der Waals surface area contributed by atoms with Gasteiger partial charge in [-0.3, -0.25) is 10.1 Å². The summed E-state index contributed by atoms with van der Waals surface area (Å²) in [4.78, 5) is 29.1. The molecule has 1 aromatic carbocycles. The van der Waals surface area contributed by atoms with Crippen molar-refractivity contribution >= 4 is 17.7 Å². The molecule has 2 N–H and O–H groups in total. The van der Waals surface area contributed by atoms with E-state index in [9.17, 15) is 35.9 Å². The smallest absolute Gasteiger partial charge is 0.426 e. The van der Waals surface area contributed by atoms with Crippen molar-refractivity contribution in [2.45, 2.75) is 110 Å². The molecular formula is C37H44F6N6O5. The molecule has 1 aliphatic carbocycles. The van der Waals surface area contributed by atoms with E-state index in [4.69, 9.17) is 19.2 Å². The number of rotatable bonds is 4. The van der Waals surface area contributed by atoms with Gasteiger partial charge in [0, 0.05) is 18.9 Å². The average molecular weight is 767 g/mol. The van der Waals surface area contributed by atoms with Gasteiger partial charge in [-0.05, 0) is 51.7 Å². The molecule has 2 amide bonds. The van der Waals surface area contributed by atoms with E-state index in [2.05, 4.69) is 31.9 Å². The maximum atomic E-state index is 14.8. The summed E-state index contributed by atoms with van der Waals surface area (Å²) in [5.74, 6) is -2.74. The van der Waals surface area contributed by atoms with Crippen LogP contribution in [0.1, 0.15) is 107 Å². The lowest BCUT2D eigenvalue weighted by Gasteiger charge is -2.31. The Balaban J connectivity index is 0.000000685. The van der Waals surface area contributed by atoms with Crippen LogP contribution < -0.4 is 10.6 Å². The third kappa shape index (κ3) is 11.8. The van der Waals surface area contributed by atoms with E-state index in [-0.39, 0.29) is 13.0 Å². The molecule has 1 atom stereocenters. The molecule has 2 aliphatic rings. The molecule has 1 unspecified atom stereocenters. The number of hydrogen-bond acceptors (Lipinski definition) is 9. The van der Waals surface area contributed by atoms with Crippen LogP contribution in [0.2, 0.25) is 0 Å². The highest BCUT2D eigenvalue weighted by Crippen LogP contribution is 2.46. The monoisotopic (exact) mass is 766 g/mol. The van der Waals surface area contributed by atoms with Crippen molar-refractivity contribution in [2.24, 2.45) is 5.92 Å². The summed E-state index contributed by atoms with van der Waals surface area (Å²) in [5.41, 5.74) is -7.96. The number of halogens is 6. The van der Waals surface area contributed by atoms with Gasteiger partial charge in [0.15, 0.2) is 5.69 Å². The molecule has 1 aliphatic heterocycles. The second-order valence-corrected chi connectivity index (χ2v) is 13.1. The number of pyridine rings is 1. The molecule has 3 aromatic rings. The third-order valence-corrected chi connectivity index (χ3v) is 7.89. The minimum absolute atomic E-state index is 0.0417. The number of anilines is 1. The Morgan fingerprint density at radius 2 is 1.69 bits per heavy atom. The van der Waals surface area contributed by atoms with E-state index in [1.54, 1.807) is 30.3 Å². The van der Waals surface area contributed by atoms with Crippen molar-refractivity contribution in [3.05, 3.63) is 71.3 Å². The molecule has 0 radical (unpaired) electrons. The van der Waals surface area contributed by atoms with E-state index in [0.29, 0.717) is 17.5 Å². The van der Waals surface area contributed by atoms with Gasteiger partial charge in [0.2, 0.25) is 5.60 Å². The number of fused-ring (bicyclic) bond motifs is 5. The predicted octanol–water partition coefficient (Wildman–Crippen LogP) is 9.67. The van der Waals surface area contributed by atoms with Crippen LogP contribution in [0.3, 0.4) is 0 Å². The van der Waals surface area contributed by atoms with Crippen LogP contribution in [-0.2, 0) is 27.9 Å². The quantitative estimate of drug-likeness (QED) is 0.195. The van der Waals surface area contributed by atoms with Crippen molar-refractivity contribution in [3.63, 3.8) is 0 Å². The van der Waals surface area contributed by atoms with E-state index >= 15 is 0 Å². The van der Waals surface area contributed by atoms with Gasteiger partial charge in [-0.15, -0.1) is 10.2 Å². The largest absolute Gasteiger partial charge is 0.444 e. The molecule has 11 nitrogen and oxygen atoms in total. The zero-order valence-corrected chi connectivity index (χ0v) is 30.7. The number of hydrogen-bond donors (Lipinski definition) is 2. The van der Waals surface area contributed by atoms with Gasteiger partial charge in [-0.1, -0.05) is 75.6 Å². The molecule has 1 fully saturated rings. The van der Waals surface area contributed by atoms with Gasteiger partial charge in [0.1, 0.15) is 11.3 Å². The maximum Gasteiger partial charge on any atom is 0.426 e. The normalized spacial score (nSPS) is 18.6. The number of benzene rings is 1. The fraction of sp³-hybridized carbons (Fsp3) is 0.514. The van der Waals surface area contributed by atoms with Gasteiger partial charge in [0.05, 0.1) is 23.9 Å². The Morgan fingerprint density at radius 1 is 1.02 bits per heavy atom. The summed E-state index contributed by atoms with van der Waals surface area (Å²) in [5, 5.41) is 20.0. The molecule has 17 heteroatoms. The van der Waals surface area contributed by atoms with Crippen molar-refractivity contribution in [2.75, 3.05) is 11.9 Å². The first-order valence-corrected chi connectivity index (χ1v) is 17.5. The van der Waals surface area contributed by atoms with E-state index in [1.807, 2.05) is 13.8 Å². The van der Waals surface area contributed by atoms with E-state index in [1.165, 1.54) is 46.1 Å². The number of nitriles is 1. The number of aromatic nitrogens is 3. The Bertz CT molecular complexity index is 1760. The van der Waals surface area contributed by atoms with Crippen molar-refractivity contribution in [3.8, 4) is 17.7 Å². The van der Waals surface area contributed by atoms with Gasteiger partial charge < -0.3 is 19.2 Å². The number of ether oxygens (including phenoxy) is 2. The fourth-order valence-corrected chi connectivity index (χ4v) is 5.32. The first kappa shape index (κ1) is 43.4. The molecule has 0 saturated heterocycles. The average Bonchev–Trinajstić information content (AvgIpc) is 3.61. The molecular weight excluding hydrogens is 722 g/mol. The number of nitrogens with zero attached hydrogens (tertiary/aromatic N) is 4. The van der Waals surface area contributed by atoms with Crippen LogP contribution in [0, 0.1) is 17.2 Å². The Kier molecular flexibility index (Phi) is 15.2. The number of amides is 2. The molecule has 5 rings (SSSR count). The standard InChI is InChI=1S/C28H27F6N5O5.C7H11N.C2H6/c1-25(2,3)44-24(41)36-18-14-17(27(29,30)31)19-21(40)35-13-9-5-8-12-26(28(32,33)34,42-15-16-10-6-4-7-11-16)23-39-38-22(43-23)20(18)37-19;8-6-7-4-2-1-3-5-7;1-2/h4-8,10-11,14H,9,12-13,15H2,1-3H3,(H,35,40)(H,36,41);7H,1-5H2;1-2H3/b8-5+;;. The highest BCUT2D eigenvalue weighted by Gasteiger charge is 2.61. The van der Waals surface area contributed by atoms with Crippen LogP contribution in [-0.4, -0.2) is 45.5 Å². The fourth-order valence-electron chi connectivity index (χ4n) is 5.32. The van der Waals surface area contributed by atoms with Crippen LogP contribution in [0.25, 0.3) is 11.6 Å². The van der Waals surface area contributed by atoms with Crippen LogP contribution >= 0.6 is 0 Å². The van der Waals surface area contributed by atoms with Crippen LogP contribution in [0.5, 0.6) is 0 Å². The highest BCUT2D eigenvalue weighted by molar-refractivity contribution is 5.97. The van der Waals surface area contributed by atoms with E-state index in [0.717, 1.165) is 18.9 Å². The minimum atomic E-state index is -5.13. The molecule has 3 heterocycles. The zero-order valence-electron chi connectivity index (χ0n) is 30.7. The lowest BCUT2D eigenvalue weighted by Crippen LogP contribution is -2.45. The number of carbonyl (C=O) groups is 2. The van der Waals surface area contributed by atoms with E-state index < -0.39 is 83.0 Å². The summed E-state index contributed by atoms with van der Waals surface area (Å²) in [6, 6.07) is 10.7. The number of carbonyl (C=O) groups excluding carboxylic acids is 2. The predicted molar refractivity (Wildman–Crippen MR) is 186 cm³/mol. The van der Waals surface area contributed by atoms with Gasteiger partial charge in [-0.2, -0.15) is 31.6 Å². The molecule has 2 aromatic heterocycles. The summed E-state index contributed by atoms with van der Waals surface area (Å²) in [6.45, 7) is 7.74. The minimum Gasteiger partial charge on any atom is -0.444 e. The topological polar surface area (TPSA) is 152 Å². The van der Waals surface area contributed by atoms with Crippen LogP contribution in [0.4, 0.5) is 36.8 Å². The lowest BCUT2D eigenvalue weighted by molar-refractivity contribution is -0.295. The zero-order chi connectivity index (χ0) is 40.2. The number of nitrogens with one attached hydrogen (secondary N) is 2. The molecule has 0 spiro atoms. The summed E-state index contributed by atoms with van der Waals surface area (Å²) < 4.78 is 103. The van der Waals surface area contributed by atoms with Gasteiger partial charge in [-0.25, -0.2) is 9.78 Å². The Hall–Kier alpha value is -4.98. The van der Waals surface area contributed by atoms with Crippen molar-refractivity contribution in [1.29, 1.82) is 5.26 Å². The van der Waals surface area contributed by atoms with Gasteiger partial charge >= 0.3 is 18.4 Å². The second kappa shape index (κ2) is 18.9. The molecule has 4 bridgehead atoms. The third-order valence-electron chi connectivity index (χ3n) is 7.89. The first-order valence-electron chi connectivity index (χ1n) is 17.5. The Labute approximate surface area is 309 Å². The molecule has 54 heavy (non-hydrogen) atoms. The SMILES string of the molecule is CC.CC(C)(C)OC(=O)Nc1cc(C(F)(F)F)c2nc1-c1nnc(o1)C(OCc1ccccc1)(C(F)(F)F)C/C=C/CCNC2=O.N#CC1CCCCC1. The molecule has 1 saturated carbocycles. The van der Waals surface area contributed by atoms with Gasteiger partial charge in [0.25, 0.3) is 17.7 Å². The lowest BCUT2D eigenvalue weighted by atomic mass is 9.91. The summed E-state index contributed by atoms with van der Waals surface area (Å²) in [6.07, 6.45) is -3.72. The molecule has 294 valence electrons. The first-order chi connectivity index (χ1) is 25.4. The second-order valence-electron chi connectivity index (χ2n) is 13.1. The summed E-state index contributed by atoms with van der Waals surface area (Å²) in [7, 11) is 0.